The fourth-order valence-corrected chi connectivity index (χ4v) is 5.97. The van der Waals surface area contributed by atoms with Crippen molar-refractivity contribution in [2.75, 3.05) is 27.3 Å². The molecule has 28 heavy (non-hydrogen) atoms. The normalized spacial score (nSPS) is 36.6. The zero-order valence-electron chi connectivity index (χ0n) is 16.0. The molecule has 8 nitrogen and oxygen atoms in total. The summed E-state index contributed by atoms with van der Waals surface area (Å²) >= 11 is 0. The van der Waals surface area contributed by atoms with Crippen LogP contribution in [0.15, 0.2) is 17.3 Å². The third-order valence-corrected chi connectivity index (χ3v) is 7.12. The van der Waals surface area contributed by atoms with E-state index in [4.69, 9.17) is 19.4 Å². The molecule has 2 N–H and O–H groups in total. The first-order valence-corrected chi connectivity index (χ1v) is 9.62. The van der Waals surface area contributed by atoms with Gasteiger partial charge in [0.25, 0.3) is 0 Å². The van der Waals surface area contributed by atoms with Crippen LogP contribution in [0.4, 0.5) is 0 Å². The van der Waals surface area contributed by atoms with Crippen LogP contribution in [0.1, 0.15) is 30.4 Å². The Hall–Kier alpha value is -2.32. The smallest absolute Gasteiger partial charge is 0.344 e. The first-order chi connectivity index (χ1) is 13.4. The highest BCUT2D eigenvalue weighted by molar-refractivity contribution is 5.94. The molecule has 2 bridgehead atoms. The molecule has 0 aromatic heterocycles. The Labute approximate surface area is 162 Å². The van der Waals surface area contributed by atoms with Gasteiger partial charge >= 0.3 is 5.97 Å². The molecule has 2 aliphatic heterocycles. The Balaban J connectivity index is 1.69. The van der Waals surface area contributed by atoms with Crippen LogP contribution in [0.5, 0.6) is 11.5 Å². The van der Waals surface area contributed by atoms with Crippen molar-refractivity contribution in [3.63, 3.8) is 0 Å². The number of carboxylic acid groups (broad SMARTS) is 1. The summed E-state index contributed by atoms with van der Waals surface area (Å²) in [7, 11) is 3.67. The molecule has 5 rings (SSSR count). The number of methoxy groups -OCH3 is 1. The standard InChI is InChI=1S/C20H24N2O6/c1-22-8-7-19-16-11-3-4-13(26-2)17(16)28-18(19)12(21-27-10-15(23)24)5-6-20(19,25)14(22)9-11/h3-4,14,18,25H,5-10H2,1-2H3,(H,23,24)/b21-12+/t14?,18-,19-,20+/m0/s1. The second-order valence-corrected chi connectivity index (χ2v) is 8.22. The van der Waals surface area contributed by atoms with Gasteiger partial charge in [-0.25, -0.2) is 4.79 Å². The Bertz CT molecular complexity index is 886. The van der Waals surface area contributed by atoms with Crippen molar-refractivity contribution >= 4 is 11.7 Å². The summed E-state index contributed by atoms with van der Waals surface area (Å²) in [6.45, 7) is 0.340. The van der Waals surface area contributed by atoms with Crippen LogP contribution in [0.3, 0.4) is 0 Å². The molecule has 0 radical (unpaired) electrons. The van der Waals surface area contributed by atoms with Crippen molar-refractivity contribution < 1.29 is 29.3 Å². The van der Waals surface area contributed by atoms with Crippen molar-refractivity contribution in [3.8, 4) is 11.5 Å². The highest BCUT2D eigenvalue weighted by Gasteiger charge is 2.72. The topological polar surface area (TPSA) is 101 Å². The Morgan fingerprint density at radius 1 is 1.43 bits per heavy atom. The van der Waals surface area contributed by atoms with Crippen molar-refractivity contribution in [2.24, 2.45) is 5.16 Å². The number of likely N-dealkylation sites (tertiary alicyclic amines) is 1. The van der Waals surface area contributed by atoms with E-state index in [1.54, 1.807) is 7.11 Å². The van der Waals surface area contributed by atoms with E-state index < -0.39 is 29.7 Å². The second kappa shape index (κ2) is 5.84. The molecule has 2 aliphatic carbocycles. The number of hydrogen-bond acceptors (Lipinski definition) is 7. The Morgan fingerprint density at radius 2 is 2.25 bits per heavy atom. The summed E-state index contributed by atoms with van der Waals surface area (Å²) in [5, 5.41) is 25.0. The van der Waals surface area contributed by atoms with Crippen molar-refractivity contribution in [1.82, 2.24) is 4.90 Å². The zero-order chi connectivity index (χ0) is 19.7. The highest BCUT2D eigenvalue weighted by Crippen LogP contribution is 2.64. The van der Waals surface area contributed by atoms with E-state index in [2.05, 4.69) is 23.2 Å². The molecule has 150 valence electrons. The number of rotatable bonds is 4. The molecule has 1 unspecified atom stereocenters. The maximum Gasteiger partial charge on any atom is 0.344 e. The summed E-state index contributed by atoms with van der Waals surface area (Å²) in [5.74, 6) is 0.249. The average Bonchev–Trinajstić information content (AvgIpc) is 3.01. The lowest BCUT2D eigenvalue weighted by Gasteiger charge is -2.62. The van der Waals surface area contributed by atoms with E-state index in [0.717, 1.165) is 24.9 Å². The number of oxime groups is 1. The first-order valence-electron chi connectivity index (χ1n) is 9.62. The van der Waals surface area contributed by atoms with Gasteiger partial charge in [0, 0.05) is 11.6 Å². The molecule has 1 saturated carbocycles. The number of hydrogen-bond donors (Lipinski definition) is 2. The van der Waals surface area contributed by atoms with Gasteiger partial charge in [0.2, 0.25) is 6.61 Å². The van der Waals surface area contributed by atoms with Gasteiger partial charge in [0.15, 0.2) is 17.6 Å². The number of benzene rings is 1. The lowest BCUT2D eigenvalue weighted by molar-refractivity contribution is -0.161. The van der Waals surface area contributed by atoms with Crippen LogP contribution in [-0.2, 0) is 21.5 Å². The van der Waals surface area contributed by atoms with E-state index in [1.807, 2.05) is 6.07 Å². The predicted molar refractivity (Wildman–Crippen MR) is 99.0 cm³/mol. The minimum absolute atomic E-state index is 0.000632. The zero-order valence-corrected chi connectivity index (χ0v) is 16.0. The van der Waals surface area contributed by atoms with Crippen LogP contribution in [0, 0.1) is 0 Å². The summed E-state index contributed by atoms with van der Waals surface area (Å²) in [5.41, 5.74) is 1.30. The fraction of sp³-hybridized carbons (Fsp3) is 0.600. The lowest BCUT2D eigenvalue weighted by Crippen LogP contribution is -2.76. The minimum atomic E-state index is -1.08. The minimum Gasteiger partial charge on any atom is -0.493 e. The third-order valence-electron chi connectivity index (χ3n) is 7.12. The molecule has 1 spiro atoms. The van der Waals surface area contributed by atoms with Gasteiger partial charge in [-0.2, -0.15) is 0 Å². The molecule has 2 fully saturated rings. The predicted octanol–water partition coefficient (Wildman–Crippen LogP) is 0.936. The molecule has 1 saturated heterocycles. The molecule has 4 aliphatic rings. The van der Waals surface area contributed by atoms with Crippen molar-refractivity contribution in [1.29, 1.82) is 0 Å². The Kier molecular flexibility index (Phi) is 3.70. The molecule has 1 aromatic carbocycles. The van der Waals surface area contributed by atoms with Gasteiger partial charge < -0.3 is 29.4 Å². The van der Waals surface area contributed by atoms with Crippen LogP contribution in [-0.4, -0.2) is 71.8 Å². The maximum absolute atomic E-state index is 12.0. The number of ether oxygens (including phenoxy) is 2. The SMILES string of the molecule is COc1ccc2c3c1O[C@H]1/C(=N/OCC(=O)O)CC[C@@]4(O)C(C2)N(C)CC[C@]314. The summed E-state index contributed by atoms with van der Waals surface area (Å²) in [6, 6.07) is 3.99. The largest absolute Gasteiger partial charge is 0.493 e. The van der Waals surface area contributed by atoms with Gasteiger partial charge in [-0.15, -0.1) is 0 Å². The van der Waals surface area contributed by atoms with Crippen LogP contribution in [0.25, 0.3) is 0 Å². The van der Waals surface area contributed by atoms with Crippen molar-refractivity contribution in [2.45, 2.75) is 48.8 Å². The van der Waals surface area contributed by atoms with Gasteiger partial charge in [-0.3, -0.25) is 0 Å². The van der Waals surface area contributed by atoms with Gasteiger partial charge in [-0.1, -0.05) is 11.2 Å². The number of carboxylic acids is 1. The molecular weight excluding hydrogens is 364 g/mol. The maximum atomic E-state index is 12.0. The molecule has 0 amide bonds. The highest BCUT2D eigenvalue weighted by atomic mass is 16.6. The first kappa shape index (κ1) is 17.8. The molecular formula is C20H24N2O6. The third kappa shape index (κ3) is 2.02. The number of aliphatic hydroxyl groups is 1. The summed E-state index contributed by atoms with van der Waals surface area (Å²) < 4.78 is 12.0. The van der Waals surface area contributed by atoms with E-state index in [1.165, 1.54) is 5.56 Å². The monoisotopic (exact) mass is 388 g/mol. The quantitative estimate of drug-likeness (QED) is 0.740. The number of likely N-dealkylation sites (N-methyl/N-ethyl adjacent to an activating group) is 1. The van der Waals surface area contributed by atoms with Crippen LogP contribution < -0.4 is 9.47 Å². The number of piperidine rings is 1. The number of nitrogens with zero attached hydrogens (tertiary/aromatic N) is 2. The average molecular weight is 388 g/mol. The van der Waals surface area contributed by atoms with Crippen LogP contribution in [0.2, 0.25) is 0 Å². The van der Waals surface area contributed by atoms with E-state index in [9.17, 15) is 9.90 Å². The summed E-state index contributed by atoms with van der Waals surface area (Å²) in [4.78, 5) is 18.1. The summed E-state index contributed by atoms with van der Waals surface area (Å²) in [6.07, 6.45) is 2.04. The van der Waals surface area contributed by atoms with E-state index in [0.29, 0.717) is 30.1 Å². The van der Waals surface area contributed by atoms with Gasteiger partial charge in [0.1, 0.15) is 0 Å². The van der Waals surface area contributed by atoms with Crippen molar-refractivity contribution in [3.05, 3.63) is 23.3 Å². The van der Waals surface area contributed by atoms with E-state index in [-0.39, 0.29) is 6.04 Å². The van der Waals surface area contributed by atoms with Gasteiger partial charge in [0.05, 0.1) is 23.8 Å². The molecule has 2 heterocycles. The number of aliphatic carboxylic acids is 1. The molecule has 4 atom stereocenters. The molecule has 1 aromatic rings. The Morgan fingerprint density at radius 3 is 3.00 bits per heavy atom. The van der Waals surface area contributed by atoms with E-state index >= 15 is 0 Å². The lowest BCUT2D eigenvalue weighted by atomic mass is 9.49. The van der Waals surface area contributed by atoms with Gasteiger partial charge in [-0.05, 0) is 50.9 Å². The van der Waals surface area contributed by atoms with Crippen LogP contribution >= 0.6 is 0 Å². The number of carbonyl (C=O) groups is 1. The fourth-order valence-electron chi connectivity index (χ4n) is 5.97. The molecule has 8 heteroatoms. The second-order valence-electron chi connectivity index (χ2n) is 8.22.